The lowest BCUT2D eigenvalue weighted by molar-refractivity contribution is 0.0959. The Morgan fingerprint density at radius 1 is 1.27 bits per heavy atom. The number of carbonyl (C=O) groups excluding carboxylic acids is 1. The van der Waals surface area contributed by atoms with E-state index in [-0.39, 0.29) is 15.6 Å². The molecule has 0 aliphatic rings. The van der Waals surface area contributed by atoms with Crippen molar-refractivity contribution in [3.63, 3.8) is 0 Å². The summed E-state index contributed by atoms with van der Waals surface area (Å²) in [5.41, 5.74) is 0.725. The average Bonchev–Trinajstić information content (AvgIpc) is 2.49. The molecule has 4 nitrogen and oxygen atoms in total. The van der Waals surface area contributed by atoms with Gasteiger partial charge >= 0.3 is 0 Å². The molecule has 0 bridgehead atoms. The van der Waals surface area contributed by atoms with Crippen LogP contribution in [0.25, 0.3) is 0 Å². The molecule has 0 heterocycles. The van der Waals surface area contributed by atoms with E-state index in [9.17, 15) is 9.90 Å². The lowest BCUT2D eigenvalue weighted by Crippen LogP contribution is -2.32. The van der Waals surface area contributed by atoms with Crippen molar-refractivity contribution in [2.24, 2.45) is 0 Å². The molecule has 7 heteroatoms. The highest BCUT2D eigenvalue weighted by molar-refractivity contribution is 7.80. The van der Waals surface area contributed by atoms with Gasteiger partial charge in [-0.25, -0.2) is 0 Å². The quantitative estimate of drug-likeness (QED) is 0.644. The van der Waals surface area contributed by atoms with Gasteiger partial charge in [-0.2, -0.15) is 0 Å². The summed E-state index contributed by atoms with van der Waals surface area (Å²) in [7, 11) is 1.44. The summed E-state index contributed by atoms with van der Waals surface area (Å²) in [5, 5.41) is 9.99. The van der Waals surface area contributed by atoms with Gasteiger partial charge in [0.25, 0.3) is 5.91 Å². The zero-order valence-electron chi connectivity index (χ0n) is 11.6. The minimum Gasteiger partial charge on any atom is -0.494 e. The van der Waals surface area contributed by atoms with Gasteiger partial charge in [0.1, 0.15) is 6.73 Å². The molecule has 1 N–H and O–H groups in total. The van der Waals surface area contributed by atoms with E-state index in [0.29, 0.717) is 16.3 Å². The van der Waals surface area contributed by atoms with Gasteiger partial charge in [-0.1, -0.05) is 35.3 Å². The van der Waals surface area contributed by atoms with Crippen molar-refractivity contribution in [3.05, 3.63) is 52.0 Å². The van der Waals surface area contributed by atoms with Gasteiger partial charge in [-0.3, -0.25) is 9.69 Å². The number of hydrogen-bond donors (Lipinski definition) is 2. The highest BCUT2D eigenvalue weighted by Crippen LogP contribution is 2.35. The molecule has 0 saturated carbocycles. The second-order valence-corrected chi connectivity index (χ2v) is 5.63. The maximum Gasteiger partial charge on any atom is 0.260 e. The molecule has 2 aromatic rings. The van der Waals surface area contributed by atoms with Crippen LogP contribution in [0, 0.1) is 0 Å². The van der Waals surface area contributed by atoms with Crippen LogP contribution in [0.3, 0.4) is 0 Å². The zero-order valence-corrected chi connectivity index (χ0v) is 14.0. The van der Waals surface area contributed by atoms with Gasteiger partial charge < -0.3 is 9.84 Å². The van der Waals surface area contributed by atoms with E-state index < -0.39 is 12.6 Å². The molecule has 0 saturated heterocycles. The lowest BCUT2D eigenvalue weighted by Gasteiger charge is -2.22. The molecule has 0 aliphatic carbocycles. The van der Waals surface area contributed by atoms with E-state index in [1.165, 1.54) is 24.1 Å². The predicted octanol–water partition coefficient (Wildman–Crippen LogP) is 3.89. The van der Waals surface area contributed by atoms with Gasteiger partial charge in [-0.15, -0.1) is 12.6 Å². The number of anilines is 1. The van der Waals surface area contributed by atoms with Crippen molar-refractivity contribution < 1.29 is 14.6 Å². The van der Waals surface area contributed by atoms with Crippen LogP contribution in [-0.2, 0) is 0 Å². The number of ether oxygens (including phenoxy) is 1. The minimum absolute atomic E-state index is 0.218. The molecule has 0 radical (unpaired) electrons. The summed E-state index contributed by atoms with van der Waals surface area (Å²) in [6, 6.07) is 9.83. The largest absolute Gasteiger partial charge is 0.494 e. The molecule has 116 valence electrons. The molecular weight excluding hydrogens is 345 g/mol. The van der Waals surface area contributed by atoms with E-state index in [1.54, 1.807) is 24.3 Å². The topological polar surface area (TPSA) is 49.8 Å². The van der Waals surface area contributed by atoms with Crippen LogP contribution in [0.2, 0.25) is 10.0 Å². The third-order valence-corrected chi connectivity index (χ3v) is 3.95. The maximum atomic E-state index is 12.6. The minimum atomic E-state index is -0.502. The standard InChI is InChI=1S/C15H13Cl2NO3S/c1-21-14-10(16)6-9(7-11(14)17)15(20)18(8-19)12-4-2-3-5-13(12)22/h2-7,19,22H,8H2,1H3. The van der Waals surface area contributed by atoms with E-state index in [4.69, 9.17) is 27.9 Å². The van der Waals surface area contributed by atoms with Crippen LogP contribution in [0.1, 0.15) is 10.4 Å². The van der Waals surface area contributed by atoms with Crippen molar-refractivity contribution in [1.29, 1.82) is 0 Å². The first-order valence-electron chi connectivity index (χ1n) is 6.23. The number of halogens is 2. The number of rotatable bonds is 4. The molecule has 0 fully saturated rings. The number of hydrogen-bond acceptors (Lipinski definition) is 4. The van der Waals surface area contributed by atoms with E-state index in [2.05, 4.69) is 12.6 Å². The molecule has 0 aromatic heterocycles. The Bertz CT molecular complexity index is 686. The second kappa shape index (κ2) is 7.24. The smallest absolute Gasteiger partial charge is 0.260 e. The normalized spacial score (nSPS) is 10.4. The van der Waals surface area contributed by atoms with Crippen molar-refractivity contribution in [3.8, 4) is 5.75 Å². The SMILES string of the molecule is COc1c(Cl)cc(C(=O)N(CO)c2ccccc2S)cc1Cl. The Kier molecular flexibility index (Phi) is 5.58. The molecule has 2 rings (SSSR count). The van der Waals surface area contributed by atoms with E-state index in [0.717, 1.165) is 0 Å². The van der Waals surface area contributed by atoms with Crippen molar-refractivity contribution >= 4 is 47.4 Å². The van der Waals surface area contributed by atoms with Gasteiger partial charge in [0.15, 0.2) is 5.75 Å². The fraction of sp³-hybridized carbons (Fsp3) is 0.133. The third kappa shape index (κ3) is 3.33. The number of benzene rings is 2. The van der Waals surface area contributed by atoms with Gasteiger partial charge in [0, 0.05) is 10.5 Å². The first-order chi connectivity index (χ1) is 10.5. The highest BCUT2D eigenvalue weighted by atomic mass is 35.5. The van der Waals surface area contributed by atoms with E-state index in [1.807, 2.05) is 0 Å². The molecule has 0 spiro atoms. The summed E-state index contributed by atoms with van der Waals surface area (Å²) in [6.45, 7) is -0.502. The summed E-state index contributed by atoms with van der Waals surface area (Å²) in [4.78, 5) is 14.3. The fourth-order valence-corrected chi connectivity index (χ4v) is 2.90. The predicted molar refractivity (Wildman–Crippen MR) is 90.6 cm³/mol. The van der Waals surface area contributed by atoms with Crippen LogP contribution in [0.4, 0.5) is 5.69 Å². The zero-order chi connectivity index (χ0) is 16.3. The fourth-order valence-electron chi connectivity index (χ4n) is 1.98. The highest BCUT2D eigenvalue weighted by Gasteiger charge is 2.21. The Hall–Kier alpha value is -1.40. The Morgan fingerprint density at radius 3 is 2.36 bits per heavy atom. The van der Waals surface area contributed by atoms with Gasteiger partial charge in [-0.05, 0) is 24.3 Å². The first-order valence-corrected chi connectivity index (χ1v) is 7.43. The van der Waals surface area contributed by atoms with Crippen molar-refractivity contribution in [2.45, 2.75) is 4.90 Å². The number of methoxy groups -OCH3 is 1. The lowest BCUT2D eigenvalue weighted by atomic mass is 10.1. The van der Waals surface area contributed by atoms with Crippen molar-refractivity contribution in [2.75, 3.05) is 18.7 Å². The van der Waals surface area contributed by atoms with Crippen LogP contribution < -0.4 is 9.64 Å². The number of aliphatic hydroxyl groups excluding tert-OH is 1. The Morgan fingerprint density at radius 2 is 1.86 bits per heavy atom. The summed E-state index contributed by atoms with van der Waals surface area (Å²) in [5.74, 6) is -0.152. The van der Waals surface area contributed by atoms with Gasteiger partial charge in [0.05, 0.1) is 22.8 Å². The summed E-state index contributed by atoms with van der Waals surface area (Å²) < 4.78 is 5.05. The number of nitrogens with zero attached hydrogens (tertiary/aromatic N) is 1. The van der Waals surface area contributed by atoms with Crippen LogP contribution >= 0.6 is 35.8 Å². The molecule has 2 aromatic carbocycles. The van der Waals surface area contributed by atoms with E-state index >= 15 is 0 Å². The molecule has 22 heavy (non-hydrogen) atoms. The number of carbonyl (C=O) groups is 1. The number of amides is 1. The monoisotopic (exact) mass is 357 g/mol. The molecule has 0 unspecified atom stereocenters. The Balaban J connectivity index is 2.44. The van der Waals surface area contributed by atoms with Crippen LogP contribution in [-0.4, -0.2) is 24.9 Å². The van der Waals surface area contributed by atoms with Crippen molar-refractivity contribution in [1.82, 2.24) is 0 Å². The number of aliphatic hydroxyl groups is 1. The molecule has 0 atom stereocenters. The molecule has 0 aliphatic heterocycles. The third-order valence-electron chi connectivity index (χ3n) is 3.01. The Labute approximate surface area is 143 Å². The maximum absolute atomic E-state index is 12.6. The van der Waals surface area contributed by atoms with Crippen LogP contribution in [0.5, 0.6) is 5.75 Å². The van der Waals surface area contributed by atoms with Crippen LogP contribution in [0.15, 0.2) is 41.3 Å². The average molecular weight is 358 g/mol. The number of para-hydroxylation sites is 1. The molecule has 1 amide bonds. The van der Waals surface area contributed by atoms with Gasteiger partial charge in [0.2, 0.25) is 0 Å². The second-order valence-electron chi connectivity index (χ2n) is 4.34. The summed E-state index contributed by atoms with van der Waals surface area (Å²) in [6.07, 6.45) is 0. The molecular formula is C15H13Cl2NO3S. The number of thiol groups is 1. The summed E-state index contributed by atoms with van der Waals surface area (Å²) >= 11 is 16.4. The first kappa shape index (κ1) is 17.0.